The number of quaternary nitrogens is 1. The van der Waals surface area contributed by atoms with Crippen molar-refractivity contribution in [3.8, 4) is 11.4 Å². The summed E-state index contributed by atoms with van der Waals surface area (Å²) >= 11 is 0. The molecule has 0 amide bonds. The Morgan fingerprint density at radius 1 is 1.22 bits per heavy atom. The zero-order valence-corrected chi connectivity index (χ0v) is 13.3. The second-order valence-corrected chi connectivity index (χ2v) is 6.20. The smallest absolute Gasteiger partial charge is 0.282 e. The summed E-state index contributed by atoms with van der Waals surface area (Å²) in [6, 6.07) is 14.8. The highest BCUT2D eigenvalue weighted by Crippen LogP contribution is 2.20. The Labute approximate surface area is 135 Å². The van der Waals surface area contributed by atoms with Crippen LogP contribution in [0.2, 0.25) is 0 Å². The van der Waals surface area contributed by atoms with E-state index in [9.17, 15) is 0 Å². The summed E-state index contributed by atoms with van der Waals surface area (Å²) in [4.78, 5) is 6.09. The van der Waals surface area contributed by atoms with Crippen molar-refractivity contribution in [3.63, 3.8) is 0 Å². The van der Waals surface area contributed by atoms with Gasteiger partial charge in [0.25, 0.3) is 5.89 Å². The molecule has 0 aliphatic carbocycles. The number of aryl methyl sites for hydroxylation is 1. The van der Waals surface area contributed by atoms with Crippen LogP contribution in [0.1, 0.15) is 30.5 Å². The highest BCUT2D eigenvalue weighted by atomic mass is 16.5. The molecule has 0 bridgehead atoms. The maximum absolute atomic E-state index is 5.49. The largest absolute Gasteiger partial charge is 0.350 e. The molecule has 1 saturated heterocycles. The molecule has 118 valence electrons. The fourth-order valence-corrected chi connectivity index (χ4v) is 3.54. The third-order valence-corrected chi connectivity index (χ3v) is 4.70. The molecule has 23 heavy (non-hydrogen) atoms. The Kier molecular flexibility index (Phi) is 3.71. The summed E-state index contributed by atoms with van der Waals surface area (Å²) in [5, 5.41) is 4.13. The van der Waals surface area contributed by atoms with Gasteiger partial charge in [-0.25, -0.2) is 0 Å². The predicted molar refractivity (Wildman–Crippen MR) is 86.7 cm³/mol. The first kappa shape index (κ1) is 14.2. The molecule has 3 heterocycles. The summed E-state index contributed by atoms with van der Waals surface area (Å²) in [6.07, 6.45) is 4.57. The SMILES string of the molecule is Cn1cccc1[C@@H]1CCC[NH+]1Cc1nc(-c2ccccc2)no1. The van der Waals surface area contributed by atoms with Gasteiger partial charge >= 0.3 is 0 Å². The molecule has 5 nitrogen and oxygen atoms in total. The highest BCUT2D eigenvalue weighted by molar-refractivity contribution is 5.53. The van der Waals surface area contributed by atoms with Crippen molar-refractivity contribution in [1.82, 2.24) is 14.7 Å². The van der Waals surface area contributed by atoms with E-state index >= 15 is 0 Å². The van der Waals surface area contributed by atoms with E-state index in [0.29, 0.717) is 11.9 Å². The number of hydrogen-bond acceptors (Lipinski definition) is 3. The lowest BCUT2D eigenvalue weighted by Crippen LogP contribution is -3.09. The third-order valence-electron chi connectivity index (χ3n) is 4.70. The zero-order valence-electron chi connectivity index (χ0n) is 13.3. The van der Waals surface area contributed by atoms with Gasteiger partial charge in [0.15, 0.2) is 6.54 Å². The van der Waals surface area contributed by atoms with Crippen molar-refractivity contribution >= 4 is 0 Å². The van der Waals surface area contributed by atoms with Gasteiger partial charge < -0.3 is 14.0 Å². The van der Waals surface area contributed by atoms with Crippen LogP contribution in [0, 0.1) is 0 Å². The van der Waals surface area contributed by atoms with Gasteiger partial charge in [0, 0.05) is 31.6 Å². The molecule has 3 aromatic rings. The van der Waals surface area contributed by atoms with E-state index in [4.69, 9.17) is 4.52 Å². The highest BCUT2D eigenvalue weighted by Gasteiger charge is 2.32. The van der Waals surface area contributed by atoms with Crippen molar-refractivity contribution in [2.45, 2.75) is 25.4 Å². The molecule has 4 rings (SSSR count). The fourth-order valence-electron chi connectivity index (χ4n) is 3.54. The molecular weight excluding hydrogens is 288 g/mol. The topological polar surface area (TPSA) is 48.3 Å². The van der Waals surface area contributed by atoms with Crippen LogP contribution in [0.3, 0.4) is 0 Å². The maximum Gasteiger partial charge on any atom is 0.282 e. The van der Waals surface area contributed by atoms with Crippen molar-refractivity contribution in [2.75, 3.05) is 6.54 Å². The molecule has 1 N–H and O–H groups in total. The van der Waals surface area contributed by atoms with Crippen LogP contribution in [0.25, 0.3) is 11.4 Å². The van der Waals surface area contributed by atoms with E-state index in [-0.39, 0.29) is 0 Å². The van der Waals surface area contributed by atoms with Crippen LogP contribution in [0.5, 0.6) is 0 Å². The Bertz CT molecular complexity index is 777. The standard InChI is InChI=1S/C18H20N4O/c1-21-11-5-9-15(21)16-10-6-12-22(16)13-17-19-18(20-23-17)14-7-3-2-4-8-14/h2-5,7-9,11,16H,6,10,12-13H2,1H3/p+1/t16-/m0/s1. The van der Waals surface area contributed by atoms with Gasteiger partial charge in [-0.15, -0.1) is 0 Å². The first-order valence-corrected chi connectivity index (χ1v) is 8.15. The lowest BCUT2D eigenvalue weighted by molar-refractivity contribution is -0.933. The molecule has 5 heteroatoms. The van der Waals surface area contributed by atoms with E-state index in [1.165, 1.54) is 23.4 Å². The van der Waals surface area contributed by atoms with E-state index in [2.05, 4.69) is 40.1 Å². The van der Waals surface area contributed by atoms with Crippen LogP contribution in [-0.4, -0.2) is 21.3 Å². The van der Waals surface area contributed by atoms with E-state index < -0.39 is 0 Å². The van der Waals surface area contributed by atoms with Gasteiger partial charge in [0.1, 0.15) is 6.04 Å². The van der Waals surface area contributed by atoms with Gasteiger partial charge in [0.05, 0.1) is 12.2 Å². The van der Waals surface area contributed by atoms with E-state index in [0.717, 1.165) is 24.5 Å². The third kappa shape index (κ3) is 2.80. The van der Waals surface area contributed by atoms with Gasteiger partial charge in [-0.2, -0.15) is 4.98 Å². The first-order chi connectivity index (χ1) is 11.3. The van der Waals surface area contributed by atoms with Gasteiger partial charge in [0.2, 0.25) is 5.82 Å². The zero-order chi connectivity index (χ0) is 15.6. The molecule has 1 unspecified atom stereocenters. The summed E-state index contributed by atoms with van der Waals surface area (Å²) in [5.74, 6) is 1.40. The van der Waals surface area contributed by atoms with Crippen molar-refractivity contribution < 1.29 is 9.42 Å². The van der Waals surface area contributed by atoms with Crippen LogP contribution < -0.4 is 4.90 Å². The second kappa shape index (κ2) is 6.01. The fraction of sp³-hybridized carbons (Fsp3) is 0.333. The number of hydrogen-bond donors (Lipinski definition) is 1. The normalized spacial score (nSPS) is 20.9. The molecule has 2 atom stereocenters. The summed E-state index contributed by atoms with van der Waals surface area (Å²) in [6.45, 7) is 1.94. The summed E-state index contributed by atoms with van der Waals surface area (Å²) in [7, 11) is 2.12. The predicted octanol–water partition coefficient (Wildman–Crippen LogP) is 2.00. The quantitative estimate of drug-likeness (QED) is 0.802. The average Bonchev–Trinajstić information content (AvgIpc) is 3.30. The molecule has 1 fully saturated rings. The van der Waals surface area contributed by atoms with Crippen molar-refractivity contribution in [1.29, 1.82) is 0 Å². The molecule has 0 radical (unpaired) electrons. The monoisotopic (exact) mass is 309 g/mol. The molecule has 0 spiro atoms. The number of rotatable bonds is 4. The van der Waals surface area contributed by atoms with Gasteiger partial charge in [-0.05, 0) is 12.1 Å². The number of likely N-dealkylation sites (tertiary alicyclic amines) is 1. The number of nitrogens with zero attached hydrogens (tertiary/aromatic N) is 3. The number of nitrogens with one attached hydrogen (secondary N) is 1. The molecular formula is C18H21N4O+. The van der Waals surface area contributed by atoms with E-state index in [1.54, 1.807) is 0 Å². The summed E-state index contributed by atoms with van der Waals surface area (Å²) < 4.78 is 7.71. The second-order valence-electron chi connectivity index (χ2n) is 6.20. The molecule has 2 aromatic heterocycles. The lowest BCUT2D eigenvalue weighted by atomic mass is 10.1. The van der Waals surface area contributed by atoms with Crippen LogP contribution >= 0.6 is 0 Å². The summed E-state index contributed by atoms with van der Waals surface area (Å²) in [5.41, 5.74) is 2.39. The Morgan fingerprint density at radius 3 is 2.87 bits per heavy atom. The maximum atomic E-state index is 5.49. The average molecular weight is 309 g/mol. The Hall–Kier alpha value is -2.40. The van der Waals surface area contributed by atoms with Gasteiger partial charge in [-0.3, -0.25) is 0 Å². The minimum atomic E-state index is 0.516. The number of benzene rings is 1. The molecule has 0 saturated carbocycles. The van der Waals surface area contributed by atoms with Crippen LogP contribution in [-0.2, 0) is 13.6 Å². The van der Waals surface area contributed by atoms with Gasteiger partial charge in [-0.1, -0.05) is 35.5 Å². The van der Waals surface area contributed by atoms with Crippen molar-refractivity contribution in [3.05, 3.63) is 60.2 Å². The lowest BCUT2D eigenvalue weighted by Gasteiger charge is -2.20. The molecule has 1 aliphatic rings. The van der Waals surface area contributed by atoms with E-state index in [1.807, 2.05) is 30.3 Å². The Morgan fingerprint density at radius 2 is 2.09 bits per heavy atom. The minimum absolute atomic E-state index is 0.516. The van der Waals surface area contributed by atoms with Crippen LogP contribution in [0.4, 0.5) is 0 Å². The molecule has 1 aromatic carbocycles. The van der Waals surface area contributed by atoms with Crippen LogP contribution in [0.15, 0.2) is 53.2 Å². The van der Waals surface area contributed by atoms with Crippen molar-refractivity contribution in [2.24, 2.45) is 7.05 Å². The molecule has 1 aliphatic heterocycles. The minimum Gasteiger partial charge on any atom is -0.350 e. The number of aromatic nitrogens is 3. The Balaban J connectivity index is 1.52. The first-order valence-electron chi connectivity index (χ1n) is 8.15.